The average molecular weight is 424 g/mol. The summed E-state index contributed by atoms with van der Waals surface area (Å²) in [5.41, 5.74) is 3.66. The highest BCUT2D eigenvalue weighted by Crippen LogP contribution is 2.38. The van der Waals surface area contributed by atoms with Gasteiger partial charge in [-0.3, -0.25) is 4.79 Å². The minimum atomic E-state index is -0.258. The fraction of sp³-hybridized carbons (Fsp3) is 0.136. The summed E-state index contributed by atoms with van der Waals surface area (Å²) in [6.07, 6.45) is 1.57. The largest absolute Gasteiger partial charge is 0.345 e. The van der Waals surface area contributed by atoms with Crippen molar-refractivity contribution < 1.29 is 9.18 Å². The zero-order valence-corrected chi connectivity index (χ0v) is 17.6. The molecule has 4 aromatic rings. The Morgan fingerprint density at radius 3 is 2.69 bits per heavy atom. The minimum absolute atomic E-state index is 0.0160. The van der Waals surface area contributed by atoms with Crippen LogP contribution in [-0.2, 0) is 5.75 Å². The Hall–Kier alpha value is -2.77. The van der Waals surface area contributed by atoms with Crippen molar-refractivity contribution in [2.75, 3.05) is 14.1 Å². The summed E-state index contributed by atoms with van der Waals surface area (Å²) in [6.45, 7) is 0. The second-order valence-electron chi connectivity index (χ2n) is 6.70. The van der Waals surface area contributed by atoms with E-state index in [9.17, 15) is 9.18 Å². The third kappa shape index (κ3) is 4.16. The number of fused-ring (bicyclic) bond motifs is 1. The van der Waals surface area contributed by atoms with Crippen LogP contribution in [0.5, 0.6) is 0 Å². The normalized spacial score (nSPS) is 11.0. The number of rotatable bonds is 5. The van der Waals surface area contributed by atoms with E-state index >= 15 is 0 Å². The van der Waals surface area contributed by atoms with Crippen LogP contribution in [-0.4, -0.2) is 34.9 Å². The number of thioether (sulfide) groups is 1. The molecule has 0 spiro atoms. The first kappa shape index (κ1) is 19.5. The van der Waals surface area contributed by atoms with E-state index in [0.29, 0.717) is 11.3 Å². The second-order valence-corrected chi connectivity index (χ2v) is 8.53. The van der Waals surface area contributed by atoms with Crippen LogP contribution in [0.15, 0.2) is 65.3 Å². The lowest BCUT2D eigenvalue weighted by Crippen LogP contribution is -2.21. The molecule has 0 atom stereocenters. The van der Waals surface area contributed by atoms with Crippen molar-refractivity contribution in [2.45, 2.75) is 10.8 Å². The predicted octanol–water partition coefficient (Wildman–Crippen LogP) is 5.49. The van der Waals surface area contributed by atoms with Gasteiger partial charge in [-0.25, -0.2) is 14.4 Å². The lowest BCUT2D eigenvalue weighted by Gasteiger charge is -2.11. The summed E-state index contributed by atoms with van der Waals surface area (Å²) >= 11 is 3.16. The van der Waals surface area contributed by atoms with Crippen molar-refractivity contribution >= 4 is 39.2 Å². The molecule has 7 heteroatoms. The highest BCUT2D eigenvalue weighted by Gasteiger charge is 2.14. The summed E-state index contributed by atoms with van der Waals surface area (Å²) in [6, 6.07) is 14.1. The number of aromatic nitrogens is 2. The van der Waals surface area contributed by atoms with Crippen LogP contribution in [0, 0.1) is 5.82 Å². The van der Waals surface area contributed by atoms with Gasteiger partial charge in [0, 0.05) is 36.4 Å². The van der Waals surface area contributed by atoms with Crippen molar-refractivity contribution in [3.63, 3.8) is 0 Å². The summed E-state index contributed by atoms with van der Waals surface area (Å²) in [5, 5.41) is 3.89. The number of carbonyl (C=O) groups is 1. The quantitative estimate of drug-likeness (QED) is 0.314. The number of hydrogen-bond acceptors (Lipinski definition) is 5. The van der Waals surface area contributed by atoms with Crippen molar-refractivity contribution in [3.05, 3.63) is 77.2 Å². The number of nitrogens with zero attached hydrogens (tertiary/aromatic N) is 3. The van der Waals surface area contributed by atoms with Crippen molar-refractivity contribution in [3.8, 4) is 11.1 Å². The van der Waals surface area contributed by atoms with Crippen molar-refractivity contribution in [2.24, 2.45) is 0 Å². The van der Waals surface area contributed by atoms with Crippen LogP contribution < -0.4 is 0 Å². The van der Waals surface area contributed by atoms with Gasteiger partial charge in [0.1, 0.15) is 22.0 Å². The van der Waals surface area contributed by atoms with E-state index in [1.165, 1.54) is 12.1 Å². The molecule has 0 aliphatic rings. The molecular formula is C22H18FN3OS2. The molecule has 0 unspecified atom stereocenters. The van der Waals surface area contributed by atoms with Gasteiger partial charge < -0.3 is 4.90 Å². The Bertz CT molecular complexity index is 1170. The number of amides is 1. The third-order valence-electron chi connectivity index (χ3n) is 4.45. The van der Waals surface area contributed by atoms with Crippen LogP contribution in [0.2, 0.25) is 0 Å². The monoisotopic (exact) mass is 423 g/mol. The summed E-state index contributed by atoms with van der Waals surface area (Å²) < 4.78 is 13.3. The summed E-state index contributed by atoms with van der Waals surface area (Å²) in [7, 11) is 3.49. The van der Waals surface area contributed by atoms with Crippen molar-refractivity contribution in [1.29, 1.82) is 0 Å². The maximum atomic E-state index is 13.3. The molecule has 2 aromatic carbocycles. The molecule has 0 fully saturated rings. The molecule has 4 rings (SSSR count). The molecule has 146 valence electrons. The Morgan fingerprint density at radius 2 is 1.93 bits per heavy atom. The zero-order chi connectivity index (χ0) is 20.4. The third-order valence-corrected chi connectivity index (χ3v) is 6.39. The smallest absolute Gasteiger partial charge is 0.253 e. The number of hydrogen-bond donors (Lipinski definition) is 0. The molecule has 0 radical (unpaired) electrons. The van der Waals surface area contributed by atoms with E-state index in [0.717, 1.165) is 31.9 Å². The second kappa shape index (κ2) is 8.31. The van der Waals surface area contributed by atoms with Gasteiger partial charge in [-0.05, 0) is 35.4 Å². The van der Waals surface area contributed by atoms with Crippen LogP contribution in [0.3, 0.4) is 0 Å². The molecule has 0 saturated carbocycles. The standard InChI is InChI=1S/C22H18FN3OS2/c1-26(2)22(27)16-5-3-4-14(10-16)11-28-20-19-18(12-29-21(19)25-13-24-20)15-6-8-17(23)9-7-15/h3-10,12-13H,11H2,1-2H3. The fourth-order valence-corrected chi connectivity index (χ4v) is 4.94. The molecule has 29 heavy (non-hydrogen) atoms. The average Bonchev–Trinajstić information content (AvgIpc) is 3.17. The van der Waals surface area contributed by atoms with Gasteiger partial charge in [-0.1, -0.05) is 24.3 Å². The van der Waals surface area contributed by atoms with Gasteiger partial charge in [0.2, 0.25) is 0 Å². The highest BCUT2D eigenvalue weighted by molar-refractivity contribution is 7.98. The summed E-state index contributed by atoms with van der Waals surface area (Å²) in [5.74, 6) is 0.406. The predicted molar refractivity (Wildman–Crippen MR) is 117 cm³/mol. The lowest BCUT2D eigenvalue weighted by atomic mass is 10.1. The van der Waals surface area contributed by atoms with E-state index in [4.69, 9.17) is 0 Å². The number of benzene rings is 2. The Labute approximate surface area is 176 Å². The van der Waals surface area contributed by atoms with Gasteiger partial charge in [0.25, 0.3) is 5.91 Å². The maximum absolute atomic E-state index is 13.3. The van der Waals surface area contributed by atoms with Crippen LogP contribution >= 0.6 is 23.1 Å². The topological polar surface area (TPSA) is 46.1 Å². The van der Waals surface area contributed by atoms with Gasteiger partial charge in [-0.15, -0.1) is 23.1 Å². The van der Waals surface area contributed by atoms with Crippen LogP contribution in [0.25, 0.3) is 21.3 Å². The van der Waals surface area contributed by atoms with E-state index < -0.39 is 0 Å². The molecule has 0 aliphatic carbocycles. The van der Waals surface area contributed by atoms with Crippen molar-refractivity contribution in [1.82, 2.24) is 14.9 Å². The first-order valence-electron chi connectivity index (χ1n) is 8.94. The number of carbonyl (C=O) groups excluding carboxylic acids is 1. The molecule has 2 heterocycles. The zero-order valence-electron chi connectivity index (χ0n) is 15.9. The molecule has 0 N–H and O–H groups in total. The van der Waals surface area contributed by atoms with E-state index in [2.05, 4.69) is 9.97 Å². The van der Waals surface area contributed by atoms with Crippen LogP contribution in [0.1, 0.15) is 15.9 Å². The fourth-order valence-electron chi connectivity index (χ4n) is 3.00. The summed E-state index contributed by atoms with van der Waals surface area (Å²) in [4.78, 5) is 23.6. The molecule has 0 saturated heterocycles. The first-order valence-corrected chi connectivity index (χ1v) is 10.8. The van der Waals surface area contributed by atoms with E-state index in [1.54, 1.807) is 60.6 Å². The maximum Gasteiger partial charge on any atom is 0.253 e. The molecule has 0 aliphatic heterocycles. The van der Waals surface area contributed by atoms with Crippen LogP contribution in [0.4, 0.5) is 4.39 Å². The number of halogens is 1. The molecular weight excluding hydrogens is 405 g/mol. The molecule has 1 amide bonds. The van der Waals surface area contributed by atoms with Gasteiger partial charge in [0.15, 0.2) is 0 Å². The molecule has 2 aromatic heterocycles. The molecule has 0 bridgehead atoms. The first-order chi connectivity index (χ1) is 14.0. The Balaban J connectivity index is 1.64. The SMILES string of the molecule is CN(C)C(=O)c1cccc(CSc2ncnc3scc(-c4ccc(F)cc4)c23)c1. The van der Waals surface area contributed by atoms with Gasteiger partial charge in [-0.2, -0.15) is 0 Å². The highest BCUT2D eigenvalue weighted by atomic mass is 32.2. The van der Waals surface area contributed by atoms with Gasteiger partial charge >= 0.3 is 0 Å². The molecule has 4 nitrogen and oxygen atoms in total. The Morgan fingerprint density at radius 1 is 1.14 bits per heavy atom. The number of thiophene rings is 1. The van der Waals surface area contributed by atoms with E-state index in [-0.39, 0.29) is 11.7 Å². The Kier molecular flexibility index (Phi) is 5.60. The van der Waals surface area contributed by atoms with E-state index in [1.807, 2.05) is 29.6 Å². The van der Waals surface area contributed by atoms with Gasteiger partial charge in [0.05, 0.1) is 5.39 Å². The minimum Gasteiger partial charge on any atom is -0.345 e. The lowest BCUT2D eigenvalue weighted by molar-refractivity contribution is 0.0827.